The lowest BCUT2D eigenvalue weighted by Crippen LogP contribution is -2.48. The third kappa shape index (κ3) is 6.42. The predicted molar refractivity (Wildman–Crippen MR) is 156 cm³/mol. The van der Waals surface area contributed by atoms with Gasteiger partial charge in [-0.3, -0.25) is 0 Å². The zero-order valence-corrected chi connectivity index (χ0v) is 25.6. The van der Waals surface area contributed by atoms with Gasteiger partial charge in [-0.25, -0.2) is 0 Å². The molecule has 2 fully saturated rings. The zero-order chi connectivity index (χ0) is 26.1. The second-order valence-electron chi connectivity index (χ2n) is 12.3. The highest BCUT2D eigenvalue weighted by Gasteiger charge is 2.55. The summed E-state index contributed by atoms with van der Waals surface area (Å²) in [6.45, 7) is 27.1. The van der Waals surface area contributed by atoms with Crippen LogP contribution in [-0.4, -0.2) is 0 Å². The van der Waals surface area contributed by atoms with Crippen LogP contribution in [0.25, 0.3) is 0 Å². The molecule has 0 radical (unpaired) electrons. The molecule has 0 amide bonds. The Morgan fingerprint density at radius 1 is 0.882 bits per heavy atom. The van der Waals surface area contributed by atoms with E-state index in [1.54, 1.807) is 0 Å². The van der Waals surface area contributed by atoms with Crippen LogP contribution in [0.1, 0.15) is 141 Å². The first-order valence-electron chi connectivity index (χ1n) is 15.6. The molecule has 0 saturated heterocycles. The lowest BCUT2D eigenvalue weighted by atomic mass is 9.47. The number of hydrogen-bond acceptors (Lipinski definition) is 0. The summed E-state index contributed by atoms with van der Waals surface area (Å²) in [6.07, 6.45) is 21.0. The maximum absolute atomic E-state index is 2.78. The van der Waals surface area contributed by atoms with Crippen LogP contribution in [-0.2, 0) is 0 Å². The lowest BCUT2D eigenvalue weighted by Gasteiger charge is -2.57. The first-order valence-corrected chi connectivity index (χ1v) is 15.6. The van der Waals surface area contributed by atoms with E-state index in [4.69, 9.17) is 0 Å². The van der Waals surface area contributed by atoms with Crippen LogP contribution in [0.3, 0.4) is 0 Å². The highest BCUT2D eigenvalue weighted by atomic mass is 14.6. The molecule has 0 heterocycles. The molecule has 4 aliphatic carbocycles. The van der Waals surface area contributed by atoms with Crippen molar-refractivity contribution in [1.29, 1.82) is 0 Å². The minimum atomic E-state index is 0.483. The van der Waals surface area contributed by atoms with E-state index in [2.05, 4.69) is 59.8 Å². The highest BCUT2D eigenvalue weighted by Crippen LogP contribution is 2.65. The minimum absolute atomic E-state index is 0.483. The van der Waals surface area contributed by atoms with Gasteiger partial charge in [-0.15, -0.1) is 0 Å². The third-order valence-corrected chi connectivity index (χ3v) is 9.93. The molecule has 8 atom stereocenters. The van der Waals surface area contributed by atoms with Crippen molar-refractivity contribution in [2.75, 3.05) is 0 Å². The summed E-state index contributed by atoms with van der Waals surface area (Å²) < 4.78 is 0. The molecule has 0 heteroatoms. The van der Waals surface area contributed by atoms with Gasteiger partial charge in [-0.1, -0.05) is 126 Å². The Hall–Kier alpha value is -0.520. The second-order valence-corrected chi connectivity index (χ2v) is 12.3. The summed E-state index contributed by atoms with van der Waals surface area (Å²) in [4.78, 5) is 0. The summed E-state index contributed by atoms with van der Waals surface area (Å²) in [7, 11) is 0. The molecule has 0 aromatic rings. The molecule has 0 aromatic heterocycles. The Labute approximate surface area is 216 Å². The summed E-state index contributed by atoms with van der Waals surface area (Å²) in [5, 5.41) is 0. The normalized spacial score (nSPS) is 38.4. The minimum Gasteiger partial charge on any atom is -0.0843 e. The van der Waals surface area contributed by atoms with E-state index in [0.29, 0.717) is 10.8 Å². The van der Waals surface area contributed by atoms with E-state index in [9.17, 15) is 0 Å². The third-order valence-electron chi connectivity index (χ3n) is 9.93. The molecule has 0 aromatic carbocycles. The van der Waals surface area contributed by atoms with Crippen molar-refractivity contribution in [3.05, 3.63) is 23.8 Å². The van der Waals surface area contributed by atoms with Crippen LogP contribution in [0.4, 0.5) is 0 Å². The first-order chi connectivity index (χ1) is 16.3. The molecule has 0 spiro atoms. The monoisotopic (exact) mass is 473 g/mol. The van der Waals surface area contributed by atoms with E-state index in [-0.39, 0.29) is 0 Å². The predicted octanol–water partition coefficient (Wildman–Crippen LogP) is 11.5. The highest BCUT2D eigenvalue weighted by molar-refractivity contribution is 5.32. The average molecular weight is 473 g/mol. The molecule has 34 heavy (non-hydrogen) atoms. The molecular weight excluding hydrogens is 408 g/mol. The summed E-state index contributed by atoms with van der Waals surface area (Å²) in [6, 6.07) is 0. The molecule has 4 rings (SSSR count). The van der Waals surface area contributed by atoms with E-state index in [1.165, 1.54) is 57.8 Å². The number of fused-ring (bicyclic) bond motifs is 5. The van der Waals surface area contributed by atoms with Crippen LogP contribution in [0.15, 0.2) is 23.8 Å². The molecule has 2 saturated carbocycles. The molecular formula is C34H64. The number of hydrogen-bond donors (Lipinski definition) is 0. The van der Waals surface area contributed by atoms with Crippen molar-refractivity contribution in [2.45, 2.75) is 141 Å². The van der Waals surface area contributed by atoms with Gasteiger partial charge < -0.3 is 0 Å². The molecule has 0 nitrogen and oxygen atoms in total. The Kier molecular flexibility index (Phi) is 13.2. The summed E-state index contributed by atoms with van der Waals surface area (Å²) >= 11 is 0. The standard InChI is InChI=1S/C28H46.3C2H6/c1-19(2)8-7-9-21(4)24-12-13-25-23-11-10-22-18-20(3)14-16-27(22,5)26(23)15-17-28(24,25)6;3*1-2/h12-13,15,19-25H,7-11,14,16-18H2,1-6H3;3*1-2H3. The van der Waals surface area contributed by atoms with Gasteiger partial charge in [-0.05, 0) is 90.8 Å². The zero-order valence-electron chi connectivity index (χ0n) is 25.6. The molecule has 0 bridgehead atoms. The molecule has 4 aliphatic rings. The van der Waals surface area contributed by atoms with Gasteiger partial charge in [0.1, 0.15) is 0 Å². The van der Waals surface area contributed by atoms with E-state index in [1.807, 2.05) is 47.1 Å². The first kappa shape index (κ1) is 31.5. The average Bonchev–Trinajstić information content (AvgIpc) is 3.20. The largest absolute Gasteiger partial charge is 0.0843 e. The van der Waals surface area contributed by atoms with Crippen LogP contribution in [0, 0.1) is 52.3 Å². The van der Waals surface area contributed by atoms with Crippen molar-refractivity contribution in [1.82, 2.24) is 0 Å². The molecule has 8 unspecified atom stereocenters. The molecule has 0 N–H and O–H groups in total. The van der Waals surface area contributed by atoms with Crippen LogP contribution < -0.4 is 0 Å². The fourth-order valence-corrected chi connectivity index (χ4v) is 8.11. The van der Waals surface area contributed by atoms with Gasteiger partial charge in [0, 0.05) is 0 Å². The maximum Gasteiger partial charge on any atom is -0.00849 e. The smallest absolute Gasteiger partial charge is 0.00849 e. The van der Waals surface area contributed by atoms with Gasteiger partial charge in [0.15, 0.2) is 0 Å². The Morgan fingerprint density at radius 3 is 2.15 bits per heavy atom. The topological polar surface area (TPSA) is 0 Å². The lowest BCUT2D eigenvalue weighted by molar-refractivity contribution is 0.0185. The van der Waals surface area contributed by atoms with Crippen molar-refractivity contribution < 1.29 is 0 Å². The SMILES string of the molecule is CC.CC.CC.CC(C)CCCC(C)C1C=CC2C3CCC4CC(C)CCC4(C)C3=CCC12C. The van der Waals surface area contributed by atoms with Crippen LogP contribution >= 0.6 is 0 Å². The van der Waals surface area contributed by atoms with Gasteiger partial charge >= 0.3 is 0 Å². The summed E-state index contributed by atoms with van der Waals surface area (Å²) in [5.41, 5.74) is 2.90. The number of rotatable bonds is 5. The van der Waals surface area contributed by atoms with E-state index >= 15 is 0 Å². The Balaban J connectivity index is 0.000000894. The van der Waals surface area contributed by atoms with Crippen molar-refractivity contribution in [3.8, 4) is 0 Å². The Bertz CT molecular complexity index is 624. The number of allylic oxidation sites excluding steroid dienone is 4. The fourth-order valence-electron chi connectivity index (χ4n) is 8.11. The van der Waals surface area contributed by atoms with Gasteiger partial charge in [0.05, 0.1) is 0 Å². The van der Waals surface area contributed by atoms with E-state index < -0.39 is 0 Å². The van der Waals surface area contributed by atoms with Crippen molar-refractivity contribution in [3.63, 3.8) is 0 Å². The van der Waals surface area contributed by atoms with Crippen LogP contribution in [0.2, 0.25) is 0 Å². The van der Waals surface area contributed by atoms with E-state index in [0.717, 1.165) is 41.4 Å². The van der Waals surface area contributed by atoms with Gasteiger partial charge in [-0.2, -0.15) is 0 Å². The van der Waals surface area contributed by atoms with Crippen molar-refractivity contribution in [2.24, 2.45) is 52.3 Å². The molecule has 0 aliphatic heterocycles. The fraction of sp³-hybridized carbons (Fsp3) is 0.882. The van der Waals surface area contributed by atoms with Gasteiger partial charge in [0.2, 0.25) is 0 Å². The van der Waals surface area contributed by atoms with Crippen molar-refractivity contribution >= 4 is 0 Å². The quantitative estimate of drug-likeness (QED) is 0.349. The van der Waals surface area contributed by atoms with Gasteiger partial charge in [0.25, 0.3) is 0 Å². The second kappa shape index (κ2) is 14.3. The summed E-state index contributed by atoms with van der Waals surface area (Å²) in [5.74, 6) is 6.04. The van der Waals surface area contributed by atoms with Crippen LogP contribution in [0.5, 0.6) is 0 Å². The maximum atomic E-state index is 2.78. The molecule has 200 valence electrons. The Morgan fingerprint density at radius 2 is 1.53 bits per heavy atom.